The summed E-state index contributed by atoms with van der Waals surface area (Å²) in [7, 11) is 0. The molecule has 9 nitrogen and oxygen atoms in total. The van der Waals surface area contributed by atoms with E-state index in [9.17, 15) is 14.4 Å². The van der Waals surface area contributed by atoms with Crippen LogP contribution < -0.4 is 15.4 Å². The third-order valence-electron chi connectivity index (χ3n) is 4.86. The number of hydrogen-bond acceptors (Lipinski definition) is 6. The maximum Gasteiger partial charge on any atom is 0.307 e. The molecular weight excluding hydrogens is 400 g/mol. The van der Waals surface area contributed by atoms with Gasteiger partial charge in [0.15, 0.2) is 0 Å². The molecule has 2 rings (SSSR count). The smallest absolute Gasteiger partial charge is 0.307 e. The van der Waals surface area contributed by atoms with Crippen molar-refractivity contribution in [2.75, 3.05) is 31.2 Å². The van der Waals surface area contributed by atoms with Crippen molar-refractivity contribution in [3.63, 3.8) is 0 Å². The Labute approximate surface area is 183 Å². The second-order valence-corrected chi connectivity index (χ2v) is 7.65. The van der Waals surface area contributed by atoms with Gasteiger partial charge in [-0.25, -0.2) is 0 Å². The number of ether oxygens (including phenoxy) is 2. The van der Waals surface area contributed by atoms with Crippen LogP contribution in [0.2, 0.25) is 0 Å². The molecule has 1 aromatic rings. The Balaban J connectivity index is 2.21. The van der Waals surface area contributed by atoms with Crippen LogP contribution in [-0.2, 0) is 14.3 Å². The maximum atomic E-state index is 13.2. The summed E-state index contributed by atoms with van der Waals surface area (Å²) in [6, 6.07) is 4.98. The van der Waals surface area contributed by atoms with Gasteiger partial charge in [0, 0.05) is 19.0 Å². The van der Waals surface area contributed by atoms with Gasteiger partial charge in [0.05, 0.1) is 36.7 Å². The van der Waals surface area contributed by atoms with Gasteiger partial charge in [-0.1, -0.05) is 0 Å². The summed E-state index contributed by atoms with van der Waals surface area (Å²) in [5.74, 6) is -0.257. The summed E-state index contributed by atoms with van der Waals surface area (Å²) in [5, 5.41) is 7.25. The number of nitrogens with one attached hydrogen (secondary N) is 1. The van der Waals surface area contributed by atoms with Crippen molar-refractivity contribution < 1.29 is 23.9 Å². The van der Waals surface area contributed by atoms with Crippen LogP contribution in [0, 0.1) is 5.41 Å². The van der Waals surface area contributed by atoms with E-state index in [-0.39, 0.29) is 49.8 Å². The molecule has 0 aliphatic carbocycles. The quantitative estimate of drug-likeness (QED) is 0.239. The third-order valence-corrected chi connectivity index (χ3v) is 4.86. The van der Waals surface area contributed by atoms with Crippen LogP contribution in [0.3, 0.4) is 0 Å². The number of nitrogens with zero attached hydrogens (tertiary/aromatic N) is 2. The number of amidine groups is 1. The molecule has 0 spiro atoms. The lowest BCUT2D eigenvalue weighted by molar-refractivity contribution is -0.143. The van der Waals surface area contributed by atoms with Gasteiger partial charge in [-0.3, -0.25) is 19.8 Å². The van der Waals surface area contributed by atoms with Crippen molar-refractivity contribution in [3.05, 3.63) is 23.8 Å². The average molecular weight is 433 g/mol. The van der Waals surface area contributed by atoms with Gasteiger partial charge in [0.25, 0.3) is 5.91 Å². The number of benzene rings is 1. The van der Waals surface area contributed by atoms with E-state index in [0.717, 1.165) is 12.8 Å². The van der Waals surface area contributed by atoms with Crippen molar-refractivity contribution in [3.8, 4) is 5.75 Å². The molecule has 170 valence electrons. The molecule has 0 unspecified atom stereocenters. The van der Waals surface area contributed by atoms with E-state index in [1.807, 2.05) is 13.8 Å². The first-order valence-corrected chi connectivity index (χ1v) is 10.6. The largest absolute Gasteiger partial charge is 0.494 e. The second-order valence-electron chi connectivity index (χ2n) is 7.65. The first-order chi connectivity index (χ1) is 14.7. The summed E-state index contributed by atoms with van der Waals surface area (Å²) in [4.78, 5) is 40.9. The number of amides is 2. The van der Waals surface area contributed by atoms with Crippen molar-refractivity contribution in [2.24, 2.45) is 5.73 Å². The summed E-state index contributed by atoms with van der Waals surface area (Å²) < 4.78 is 10.7. The first-order valence-electron chi connectivity index (χ1n) is 10.6. The molecule has 9 heteroatoms. The fraction of sp³-hybridized carbons (Fsp3) is 0.545. The molecule has 1 aliphatic heterocycles. The van der Waals surface area contributed by atoms with Gasteiger partial charge in [-0.05, 0) is 51.8 Å². The van der Waals surface area contributed by atoms with Crippen LogP contribution in [-0.4, -0.2) is 60.9 Å². The van der Waals surface area contributed by atoms with Gasteiger partial charge in [0.2, 0.25) is 5.91 Å². The Hall–Kier alpha value is -3.10. The van der Waals surface area contributed by atoms with Crippen molar-refractivity contribution in [1.29, 1.82) is 5.41 Å². The molecule has 0 saturated heterocycles. The predicted molar refractivity (Wildman–Crippen MR) is 117 cm³/mol. The number of carbonyl (C=O) groups is 3. The molecule has 1 heterocycles. The van der Waals surface area contributed by atoms with Gasteiger partial charge in [0.1, 0.15) is 12.3 Å². The monoisotopic (exact) mass is 432 g/mol. The minimum Gasteiger partial charge on any atom is -0.494 e. The number of anilines is 1. The van der Waals surface area contributed by atoms with Crippen molar-refractivity contribution in [2.45, 2.75) is 52.5 Å². The van der Waals surface area contributed by atoms with Crippen molar-refractivity contribution >= 4 is 29.3 Å². The molecule has 0 fully saturated rings. The lowest BCUT2D eigenvalue weighted by Crippen LogP contribution is -2.43. The van der Waals surface area contributed by atoms with E-state index < -0.39 is 5.97 Å². The molecular formula is C22H32N4O5. The molecule has 0 radical (unpaired) electrons. The molecule has 0 bridgehead atoms. The SMILES string of the molecule is CCOC(=O)CCN1CC(=O)N(C(C)C)c2ccc(OCCCCC(=N)N)cc2C1=O. The highest BCUT2D eigenvalue weighted by molar-refractivity contribution is 6.10. The number of nitrogens with two attached hydrogens (primary N) is 1. The summed E-state index contributed by atoms with van der Waals surface area (Å²) in [6.07, 6.45) is 2.02. The molecule has 1 aliphatic rings. The lowest BCUT2D eigenvalue weighted by Gasteiger charge is -2.26. The van der Waals surface area contributed by atoms with Crippen LogP contribution in [0.1, 0.15) is 56.8 Å². The Bertz CT molecular complexity index is 824. The zero-order valence-electron chi connectivity index (χ0n) is 18.5. The number of rotatable bonds is 11. The first kappa shape index (κ1) is 24.2. The molecule has 3 N–H and O–H groups in total. The number of hydrogen-bond donors (Lipinski definition) is 2. The number of unbranched alkanes of at least 4 members (excludes halogenated alkanes) is 1. The van der Waals surface area contributed by atoms with Crippen LogP contribution in [0.15, 0.2) is 18.2 Å². The fourth-order valence-corrected chi connectivity index (χ4v) is 3.42. The maximum absolute atomic E-state index is 13.2. The zero-order chi connectivity index (χ0) is 23.0. The Morgan fingerprint density at radius 2 is 1.97 bits per heavy atom. The van der Waals surface area contributed by atoms with E-state index in [1.54, 1.807) is 30.0 Å². The summed E-state index contributed by atoms with van der Waals surface area (Å²) in [6.45, 7) is 6.19. The molecule has 0 saturated carbocycles. The topological polar surface area (TPSA) is 126 Å². The van der Waals surface area contributed by atoms with Gasteiger partial charge in [-0.15, -0.1) is 0 Å². The minimum absolute atomic E-state index is 0.0240. The Morgan fingerprint density at radius 3 is 2.61 bits per heavy atom. The normalized spacial score (nSPS) is 13.8. The average Bonchev–Trinajstić information content (AvgIpc) is 2.80. The second kappa shape index (κ2) is 11.3. The van der Waals surface area contributed by atoms with Crippen LogP contribution in [0.4, 0.5) is 5.69 Å². The molecule has 31 heavy (non-hydrogen) atoms. The lowest BCUT2D eigenvalue weighted by atomic mass is 10.1. The molecule has 1 aromatic carbocycles. The van der Waals surface area contributed by atoms with Crippen LogP contribution in [0.25, 0.3) is 0 Å². The van der Waals surface area contributed by atoms with E-state index >= 15 is 0 Å². The molecule has 2 amide bonds. The van der Waals surface area contributed by atoms with Gasteiger partial charge in [-0.2, -0.15) is 0 Å². The van der Waals surface area contributed by atoms with Gasteiger partial charge >= 0.3 is 5.97 Å². The Kier molecular flexibility index (Phi) is 8.84. The van der Waals surface area contributed by atoms with Crippen LogP contribution >= 0.6 is 0 Å². The molecule has 0 aromatic heterocycles. The van der Waals surface area contributed by atoms with E-state index in [2.05, 4.69) is 0 Å². The molecule has 0 atom stereocenters. The highest BCUT2D eigenvalue weighted by Gasteiger charge is 2.33. The van der Waals surface area contributed by atoms with E-state index in [4.69, 9.17) is 20.6 Å². The fourth-order valence-electron chi connectivity index (χ4n) is 3.42. The minimum atomic E-state index is -0.407. The highest BCUT2D eigenvalue weighted by Crippen LogP contribution is 2.31. The Morgan fingerprint density at radius 1 is 1.23 bits per heavy atom. The van der Waals surface area contributed by atoms with Crippen LogP contribution in [0.5, 0.6) is 5.75 Å². The predicted octanol–water partition coefficient (Wildman–Crippen LogP) is 2.32. The van der Waals surface area contributed by atoms with E-state index in [0.29, 0.717) is 30.0 Å². The third kappa shape index (κ3) is 6.70. The van der Waals surface area contributed by atoms with Crippen molar-refractivity contribution in [1.82, 2.24) is 4.90 Å². The number of esters is 1. The zero-order valence-corrected chi connectivity index (χ0v) is 18.5. The summed E-state index contributed by atoms with van der Waals surface area (Å²) in [5.41, 5.74) is 6.25. The van der Waals surface area contributed by atoms with E-state index in [1.165, 1.54) is 4.90 Å². The number of fused-ring (bicyclic) bond motifs is 1. The standard InChI is InChI=1S/C22H32N4O5/c1-4-30-21(28)10-11-25-14-20(27)26(15(2)3)18-9-8-16(13-17(18)22(25)29)31-12-6-5-7-19(23)24/h8-9,13,15H,4-7,10-12,14H2,1-3H3,(H3,23,24). The van der Waals surface area contributed by atoms with Gasteiger partial charge < -0.3 is 25.0 Å². The number of carbonyl (C=O) groups excluding carboxylic acids is 3. The highest BCUT2D eigenvalue weighted by atomic mass is 16.5. The summed E-state index contributed by atoms with van der Waals surface area (Å²) >= 11 is 0.